The molecule has 0 heterocycles. The first-order valence-corrected chi connectivity index (χ1v) is 7.20. The van der Waals surface area contributed by atoms with Crippen molar-refractivity contribution in [3.8, 4) is 5.75 Å². The van der Waals surface area contributed by atoms with E-state index in [0.717, 1.165) is 24.8 Å². The normalized spacial score (nSPS) is 17.9. The molecule has 0 spiro atoms. The Morgan fingerprint density at radius 1 is 1.28 bits per heavy atom. The summed E-state index contributed by atoms with van der Waals surface area (Å²) in [7, 11) is 1.78. The van der Waals surface area contributed by atoms with Crippen LogP contribution in [0.25, 0.3) is 0 Å². The molecule has 0 amide bonds. The van der Waals surface area contributed by atoms with Crippen molar-refractivity contribution in [2.45, 2.75) is 38.5 Å². The standard InChI is InChI=1S/C16H25NO/c1-3-17-12-15(13-8-4-5-9-13)14-10-6-7-11-16(14)18-2/h6-7,10-11,13,15,17H,3-5,8-9,12H2,1-2H3. The second-order valence-electron chi connectivity index (χ2n) is 5.20. The van der Waals surface area contributed by atoms with Gasteiger partial charge < -0.3 is 10.1 Å². The Kier molecular flexibility index (Phi) is 5.06. The summed E-state index contributed by atoms with van der Waals surface area (Å²) in [6.45, 7) is 4.29. The first-order valence-electron chi connectivity index (χ1n) is 7.20. The molecular formula is C16H25NO. The molecule has 100 valence electrons. The third-order valence-electron chi connectivity index (χ3n) is 4.12. The second kappa shape index (κ2) is 6.79. The van der Waals surface area contributed by atoms with Crippen molar-refractivity contribution >= 4 is 0 Å². The van der Waals surface area contributed by atoms with E-state index in [2.05, 4.69) is 36.5 Å². The van der Waals surface area contributed by atoms with Gasteiger partial charge in [0.25, 0.3) is 0 Å². The predicted molar refractivity (Wildman–Crippen MR) is 76.2 cm³/mol. The van der Waals surface area contributed by atoms with Crippen LogP contribution in [-0.2, 0) is 0 Å². The molecular weight excluding hydrogens is 222 g/mol. The fourth-order valence-electron chi connectivity index (χ4n) is 3.16. The third-order valence-corrected chi connectivity index (χ3v) is 4.12. The van der Waals surface area contributed by atoms with Crippen LogP contribution in [0.1, 0.15) is 44.1 Å². The number of likely N-dealkylation sites (N-methyl/N-ethyl adjacent to an activating group) is 1. The maximum atomic E-state index is 5.54. The minimum atomic E-state index is 0.601. The molecule has 1 atom stereocenters. The first-order chi connectivity index (χ1) is 8.86. The highest BCUT2D eigenvalue weighted by Crippen LogP contribution is 2.40. The van der Waals surface area contributed by atoms with Gasteiger partial charge in [-0.05, 0) is 36.9 Å². The quantitative estimate of drug-likeness (QED) is 0.829. The second-order valence-corrected chi connectivity index (χ2v) is 5.20. The van der Waals surface area contributed by atoms with Crippen LogP contribution < -0.4 is 10.1 Å². The van der Waals surface area contributed by atoms with Gasteiger partial charge in [0.2, 0.25) is 0 Å². The van der Waals surface area contributed by atoms with E-state index < -0.39 is 0 Å². The Labute approximate surface area is 111 Å². The summed E-state index contributed by atoms with van der Waals surface area (Å²) >= 11 is 0. The van der Waals surface area contributed by atoms with Crippen LogP contribution in [0.2, 0.25) is 0 Å². The number of ether oxygens (including phenoxy) is 1. The minimum Gasteiger partial charge on any atom is -0.496 e. The summed E-state index contributed by atoms with van der Waals surface area (Å²) in [6.07, 6.45) is 5.52. The smallest absolute Gasteiger partial charge is 0.122 e. The lowest BCUT2D eigenvalue weighted by atomic mass is 9.84. The van der Waals surface area contributed by atoms with Crippen molar-refractivity contribution in [1.29, 1.82) is 0 Å². The number of nitrogens with one attached hydrogen (secondary N) is 1. The Hall–Kier alpha value is -1.02. The maximum Gasteiger partial charge on any atom is 0.122 e. The van der Waals surface area contributed by atoms with Gasteiger partial charge in [0.05, 0.1) is 7.11 Å². The van der Waals surface area contributed by atoms with Crippen molar-refractivity contribution in [1.82, 2.24) is 5.32 Å². The third kappa shape index (κ3) is 3.05. The van der Waals surface area contributed by atoms with Crippen LogP contribution in [0.15, 0.2) is 24.3 Å². The summed E-state index contributed by atoms with van der Waals surface area (Å²) < 4.78 is 5.54. The van der Waals surface area contributed by atoms with Gasteiger partial charge in [-0.25, -0.2) is 0 Å². The molecule has 1 aromatic carbocycles. The Balaban J connectivity index is 2.20. The predicted octanol–water partition coefficient (Wildman–Crippen LogP) is 3.58. The minimum absolute atomic E-state index is 0.601. The molecule has 1 saturated carbocycles. The van der Waals surface area contributed by atoms with Gasteiger partial charge >= 0.3 is 0 Å². The monoisotopic (exact) mass is 247 g/mol. The van der Waals surface area contributed by atoms with Crippen molar-refractivity contribution in [2.24, 2.45) is 5.92 Å². The van der Waals surface area contributed by atoms with Crippen molar-refractivity contribution in [3.05, 3.63) is 29.8 Å². The van der Waals surface area contributed by atoms with Gasteiger partial charge in [-0.2, -0.15) is 0 Å². The van der Waals surface area contributed by atoms with Crippen LogP contribution in [0.5, 0.6) is 5.75 Å². The van der Waals surface area contributed by atoms with E-state index in [0.29, 0.717) is 5.92 Å². The molecule has 2 rings (SSSR count). The fraction of sp³-hybridized carbons (Fsp3) is 0.625. The zero-order valence-corrected chi connectivity index (χ0v) is 11.6. The Morgan fingerprint density at radius 3 is 2.67 bits per heavy atom. The van der Waals surface area contributed by atoms with E-state index in [-0.39, 0.29) is 0 Å². The molecule has 1 fully saturated rings. The molecule has 0 aliphatic heterocycles. The van der Waals surface area contributed by atoms with E-state index in [1.54, 1.807) is 7.11 Å². The highest BCUT2D eigenvalue weighted by Gasteiger charge is 2.27. The van der Waals surface area contributed by atoms with Crippen molar-refractivity contribution in [3.63, 3.8) is 0 Å². The Morgan fingerprint density at radius 2 is 2.00 bits per heavy atom. The lowest BCUT2D eigenvalue weighted by Gasteiger charge is -2.25. The van der Waals surface area contributed by atoms with E-state index >= 15 is 0 Å². The van der Waals surface area contributed by atoms with Crippen molar-refractivity contribution in [2.75, 3.05) is 20.2 Å². The molecule has 1 aromatic rings. The number of para-hydroxylation sites is 1. The van der Waals surface area contributed by atoms with Crippen LogP contribution in [0.3, 0.4) is 0 Å². The molecule has 1 N–H and O–H groups in total. The molecule has 0 bridgehead atoms. The summed E-state index contributed by atoms with van der Waals surface area (Å²) in [5, 5.41) is 3.52. The van der Waals surface area contributed by atoms with Crippen LogP contribution in [-0.4, -0.2) is 20.2 Å². The SMILES string of the molecule is CCNCC(c1ccccc1OC)C1CCCC1. The van der Waals surface area contributed by atoms with E-state index in [1.807, 2.05) is 0 Å². The van der Waals surface area contributed by atoms with Crippen LogP contribution in [0.4, 0.5) is 0 Å². The van der Waals surface area contributed by atoms with Crippen LogP contribution in [0, 0.1) is 5.92 Å². The maximum absolute atomic E-state index is 5.54. The van der Waals surface area contributed by atoms with E-state index in [1.165, 1.54) is 31.2 Å². The molecule has 18 heavy (non-hydrogen) atoms. The summed E-state index contributed by atoms with van der Waals surface area (Å²) in [5.41, 5.74) is 1.38. The van der Waals surface area contributed by atoms with Gasteiger partial charge in [0, 0.05) is 12.5 Å². The molecule has 0 aromatic heterocycles. The van der Waals surface area contributed by atoms with Gasteiger partial charge in [0.15, 0.2) is 0 Å². The lowest BCUT2D eigenvalue weighted by Crippen LogP contribution is -2.26. The molecule has 1 unspecified atom stereocenters. The lowest BCUT2D eigenvalue weighted by molar-refractivity contribution is 0.374. The van der Waals surface area contributed by atoms with Crippen molar-refractivity contribution < 1.29 is 4.74 Å². The highest BCUT2D eigenvalue weighted by atomic mass is 16.5. The number of methoxy groups -OCH3 is 1. The molecule has 2 nitrogen and oxygen atoms in total. The zero-order valence-electron chi connectivity index (χ0n) is 11.6. The van der Waals surface area contributed by atoms with E-state index in [4.69, 9.17) is 4.74 Å². The van der Waals surface area contributed by atoms with Gasteiger partial charge in [-0.15, -0.1) is 0 Å². The van der Waals surface area contributed by atoms with Gasteiger partial charge in [0.1, 0.15) is 5.75 Å². The van der Waals surface area contributed by atoms with Crippen LogP contribution >= 0.6 is 0 Å². The molecule has 0 radical (unpaired) electrons. The first kappa shape index (κ1) is 13.4. The average molecular weight is 247 g/mol. The summed E-state index contributed by atoms with van der Waals surface area (Å²) in [5.74, 6) is 2.47. The molecule has 0 saturated heterocycles. The molecule has 1 aliphatic rings. The number of hydrogen-bond donors (Lipinski definition) is 1. The number of rotatable bonds is 6. The molecule has 1 aliphatic carbocycles. The molecule has 2 heteroatoms. The highest BCUT2D eigenvalue weighted by molar-refractivity contribution is 5.37. The number of benzene rings is 1. The van der Waals surface area contributed by atoms with Gasteiger partial charge in [-0.3, -0.25) is 0 Å². The topological polar surface area (TPSA) is 21.3 Å². The number of hydrogen-bond acceptors (Lipinski definition) is 2. The largest absolute Gasteiger partial charge is 0.496 e. The van der Waals surface area contributed by atoms with Gasteiger partial charge in [-0.1, -0.05) is 38.0 Å². The summed E-state index contributed by atoms with van der Waals surface area (Å²) in [4.78, 5) is 0. The van der Waals surface area contributed by atoms with E-state index in [9.17, 15) is 0 Å². The average Bonchev–Trinajstić information content (AvgIpc) is 2.94. The zero-order chi connectivity index (χ0) is 12.8. The summed E-state index contributed by atoms with van der Waals surface area (Å²) in [6, 6.07) is 8.51. The fourth-order valence-corrected chi connectivity index (χ4v) is 3.16. The Bertz CT molecular complexity index is 358.